The average Bonchev–Trinajstić information content (AvgIpc) is 2.82. The normalized spacial score (nSPS) is 12.6. The first-order valence-electron chi connectivity index (χ1n) is 9.96. The molecule has 0 radical (unpaired) electrons. The predicted molar refractivity (Wildman–Crippen MR) is 120 cm³/mol. The van der Waals surface area contributed by atoms with Gasteiger partial charge in [-0.15, -0.1) is 0 Å². The highest BCUT2D eigenvalue weighted by Crippen LogP contribution is 2.34. The Morgan fingerprint density at radius 2 is 1.76 bits per heavy atom. The number of anilines is 2. The van der Waals surface area contributed by atoms with E-state index >= 15 is 0 Å². The second-order valence-electron chi connectivity index (χ2n) is 7.15. The summed E-state index contributed by atoms with van der Waals surface area (Å²) in [5.41, 5.74) is -0.220. The molecule has 4 rings (SSSR count). The van der Waals surface area contributed by atoms with Crippen LogP contribution >= 0.6 is 0 Å². The fourth-order valence-corrected chi connectivity index (χ4v) is 4.71. The molecule has 34 heavy (non-hydrogen) atoms. The minimum atomic E-state index is -4.35. The van der Waals surface area contributed by atoms with Crippen molar-refractivity contribution in [3.05, 3.63) is 82.7 Å². The van der Waals surface area contributed by atoms with Gasteiger partial charge in [0.1, 0.15) is 25.6 Å². The minimum Gasteiger partial charge on any atom is -0.486 e. The SMILES string of the molecule is O=C(CN(c1cccc(F)c1)S(=O)(=O)c1ccc2c(c1)OCCO2)Nc1cccc([N+](=O)[O-])c1. The van der Waals surface area contributed by atoms with Crippen molar-refractivity contribution in [2.24, 2.45) is 0 Å². The summed E-state index contributed by atoms with van der Waals surface area (Å²) < 4.78 is 52.5. The molecule has 1 N–H and O–H groups in total. The van der Waals surface area contributed by atoms with E-state index in [0.717, 1.165) is 22.5 Å². The molecule has 0 bridgehead atoms. The Morgan fingerprint density at radius 3 is 2.50 bits per heavy atom. The Hall–Kier alpha value is -4.19. The van der Waals surface area contributed by atoms with Crippen LogP contribution in [0.4, 0.5) is 21.5 Å². The molecule has 12 heteroatoms. The van der Waals surface area contributed by atoms with Crippen LogP contribution in [-0.4, -0.2) is 39.0 Å². The second kappa shape index (κ2) is 9.35. The Labute approximate surface area is 193 Å². The quantitative estimate of drug-likeness (QED) is 0.400. The molecule has 0 unspecified atom stereocenters. The number of hydrogen-bond acceptors (Lipinski definition) is 7. The van der Waals surface area contributed by atoms with Gasteiger partial charge in [0.25, 0.3) is 15.7 Å². The van der Waals surface area contributed by atoms with Gasteiger partial charge in [0.15, 0.2) is 11.5 Å². The molecule has 1 aliphatic rings. The fraction of sp³-hybridized carbons (Fsp3) is 0.136. The number of ether oxygens (including phenoxy) is 2. The summed E-state index contributed by atoms with van der Waals surface area (Å²) in [7, 11) is -4.35. The first-order valence-corrected chi connectivity index (χ1v) is 11.4. The zero-order chi connectivity index (χ0) is 24.3. The molecular weight excluding hydrogens is 469 g/mol. The maximum atomic E-state index is 13.9. The topological polar surface area (TPSA) is 128 Å². The highest BCUT2D eigenvalue weighted by atomic mass is 32.2. The van der Waals surface area contributed by atoms with Crippen LogP contribution in [0.15, 0.2) is 71.6 Å². The van der Waals surface area contributed by atoms with Crippen LogP contribution in [0.25, 0.3) is 0 Å². The summed E-state index contributed by atoms with van der Waals surface area (Å²) in [6, 6.07) is 14.0. The first kappa shape index (κ1) is 23.0. The number of nitrogens with one attached hydrogen (secondary N) is 1. The third kappa shape index (κ3) is 4.91. The minimum absolute atomic E-state index is 0.0796. The third-order valence-electron chi connectivity index (χ3n) is 4.83. The lowest BCUT2D eigenvalue weighted by molar-refractivity contribution is -0.384. The number of fused-ring (bicyclic) bond motifs is 1. The van der Waals surface area contributed by atoms with Crippen molar-refractivity contribution in [3.63, 3.8) is 0 Å². The van der Waals surface area contributed by atoms with E-state index in [1.165, 1.54) is 48.5 Å². The molecule has 1 amide bonds. The molecule has 176 valence electrons. The Bertz CT molecular complexity index is 1360. The van der Waals surface area contributed by atoms with Crippen molar-refractivity contribution in [2.75, 3.05) is 29.4 Å². The van der Waals surface area contributed by atoms with E-state index in [4.69, 9.17) is 9.47 Å². The molecular formula is C22H18FN3O7S. The van der Waals surface area contributed by atoms with Crippen molar-refractivity contribution in [3.8, 4) is 11.5 Å². The Morgan fingerprint density at radius 1 is 1.03 bits per heavy atom. The van der Waals surface area contributed by atoms with E-state index in [9.17, 15) is 27.7 Å². The summed E-state index contributed by atoms with van der Waals surface area (Å²) in [6.07, 6.45) is 0. The van der Waals surface area contributed by atoms with Gasteiger partial charge in [0.2, 0.25) is 5.91 Å². The summed E-state index contributed by atoms with van der Waals surface area (Å²) in [5, 5.41) is 13.4. The molecule has 1 heterocycles. The lowest BCUT2D eigenvalue weighted by Crippen LogP contribution is -2.38. The maximum Gasteiger partial charge on any atom is 0.271 e. The van der Waals surface area contributed by atoms with Crippen LogP contribution in [0.5, 0.6) is 11.5 Å². The van der Waals surface area contributed by atoms with Crippen molar-refractivity contribution in [2.45, 2.75) is 4.90 Å². The smallest absolute Gasteiger partial charge is 0.271 e. The van der Waals surface area contributed by atoms with Crippen LogP contribution in [0.1, 0.15) is 0 Å². The molecule has 0 spiro atoms. The van der Waals surface area contributed by atoms with Gasteiger partial charge in [-0.1, -0.05) is 12.1 Å². The highest BCUT2D eigenvalue weighted by Gasteiger charge is 2.29. The monoisotopic (exact) mass is 487 g/mol. The van der Waals surface area contributed by atoms with Crippen LogP contribution in [0.3, 0.4) is 0 Å². The fourth-order valence-electron chi connectivity index (χ4n) is 3.29. The van der Waals surface area contributed by atoms with E-state index in [1.54, 1.807) is 0 Å². The largest absolute Gasteiger partial charge is 0.486 e. The predicted octanol–water partition coefficient (Wildman–Crippen LogP) is 3.34. The van der Waals surface area contributed by atoms with Crippen molar-refractivity contribution < 1.29 is 32.0 Å². The van der Waals surface area contributed by atoms with Crippen molar-refractivity contribution in [1.29, 1.82) is 0 Å². The summed E-state index contributed by atoms with van der Waals surface area (Å²) >= 11 is 0. The summed E-state index contributed by atoms with van der Waals surface area (Å²) in [6.45, 7) is -0.148. The van der Waals surface area contributed by atoms with Crippen LogP contribution < -0.4 is 19.1 Å². The number of amides is 1. The number of rotatable bonds is 7. The van der Waals surface area contributed by atoms with Gasteiger partial charge in [-0.2, -0.15) is 0 Å². The number of nitro benzene ring substituents is 1. The molecule has 0 fully saturated rings. The summed E-state index contributed by atoms with van der Waals surface area (Å²) in [4.78, 5) is 22.9. The third-order valence-corrected chi connectivity index (χ3v) is 6.60. The average molecular weight is 487 g/mol. The number of carbonyl (C=O) groups excluding carboxylic acids is 1. The van der Waals surface area contributed by atoms with E-state index in [2.05, 4.69) is 5.32 Å². The number of non-ortho nitro benzene ring substituents is 1. The van der Waals surface area contributed by atoms with Crippen molar-refractivity contribution >= 4 is 33.0 Å². The molecule has 1 aliphatic heterocycles. The number of sulfonamides is 1. The molecule has 0 aliphatic carbocycles. The molecule has 0 saturated carbocycles. The van der Waals surface area contributed by atoms with E-state index in [0.29, 0.717) is 12.4 Å². The zero-order valence-corrected chi connectivity index (χ0v) is 18.3. The standard InChI is InChI=1S/C22H18FN3O7S/c23-15-3-1-5-17(11-15)25(14-22(27)24-16-4-2-6-18(12-16)26(28)29)34(30,31)19-7-8-20-21(13-19)33-10-9-32-20/h1-8,11-13H,9-10,14H2,(H,24,27). The molecule has 3 aromatic carbocycles. The van der Waals surface area contributed by atoms with E-state index < -0.39 is 33.2 Å². The lowest BCUT2D eigenvalue weighted by Gasteiger charge is -2.25. The highest BCUT2D eigenvalue weighted by molar-refractivity contribution is 7.92. The van der Waals surface area contributed by atoms with Crippen LogP contribution in [0.2, 0.25) is 0 Å². The second-order valence-corrected chi connectivity index (χ2v) is 9.01. The number of nitro groups is 1. The molecule has 0 aromatic heterocycles. The lowest BCUT2D eigenvalue weighted by atomic mass is 10.3. The van der Waals surface area contributed by atoms with Gasteiger partial charge in [0.05, 0.1) is 15.5 Å². The van der Waals surface area contributed by atoms with Gasteiger partial charge in [-0.05, 0) is 36.4 Å². The van der Waals surface area contributed by atoms with E-state index in [-0.39, 0.29) is 34.3 Å². The number of carbonyl (C=O) groups is 1. The maximum absolute atomic E-state index is 13.9. The number of hydrogen-bond donors (Lipinski definition) is 1. The number of benzene rings is 3. The Balaban J connectivity index is 1.66. The Kier molecular flexibility index (Phi) is 6.32. The van der Waals surface area contributed by atoms with Gasteiger partial charge in [-0.3, -0.25) is 19.2 Å². The van der Waals surface area contributed by atoms with Gasteiger partial charge < -0.3 is 14.8 Å². The van der Waals surface area contributed by atoms with Gasteiger partial charge in [0, 0.05) is 23.9 Å². The zero-order valence-electron chi connectivity index (χ0n) is 17.5. The van der Waals surface area contributed by atoms with Crippen LogP contribution in [-0.2, 0) is 14.8 Å². The van der Waals surface area contributed by atoms with Crippen LogP contribution in [0, 0.1) is 15.9 Å². The number of nitrogens with zero attached hydrogens (tertiary/aromatic N) is 2. The first-order chi connectivity index (χ1) is 16.2. The van der Waals surface area contributed by atoms with Gasteiger partial charge >= 0.3 is 0 Å². The molecule has 10 nitrogen and oxygen atoms in total. The van der Waals surface area contributed by atoms with E-state index in [1.807, 2.05) is 0 Å². The molecule has 3 aromatic rings. The summed E-state index contributed by atoms with van der Waals surface area (Å²) in [5.74, 6) is -0.872. The van der Waals surface area contributed by atoms with Gasteiger partial charge in [-0.25, -0.2) is 12.8 Å². The molecule has 0 atom stereocenters. The number of halogens is 1. The van der Waals surface area contributed by atoms with Crippen molar-refractivity contribution in [1.82, 2.24) is 0 Å². The molecule has 0 saturated heterocycles.